The first-order valence-electron chi connectivity index (χ1n) is 4.65. The Labute approximate surface area is 87.5 Å². The minimum absolute atomic E-state index is 0.179. The number of hydrogen-bond donors (Lipinski definition) is 0. The van der Waals surface area contributed by atoms with Gasteiger partial charge in [-0.2, -0.15) is 5.10 Å². The molecule has 0 saturated carbocycles. The molecule has 5 heteroatoms. The molecule has 1 aromatic heterocycles. The maximum absolute atomic E-state index is 11.7. The number of ketones is 1. The highest BCUT2D eigenvalue weighted by molar-refractivity contribution is 6.07. The van der Waals surface area contributed by atoms with E-state index in [0.717, 1.165) is 0 Å². The summed E-state index contributed by atoms with van der Waals surface area (Å²) in [4.78, 5) is 22.9. The normalized spacial score (nSPS) is 11.9. The largest absolute Gasteiger partial charge is 0.465 e. The fourth-order valence-corrected chi connectivity index (χ4v) is 1.03. The van der Waals surface area contributed by atoms with Crippen LogP contribution in [0.4, 0.5) is 0 Å². The van der Waals surface area contributed by atoms with Gasteiger partial charge in [-0.3, -0.25) is 9.59 Å². The van der Waals surface area contributed by atoms with Crippen LogP contribution < -0.4 is 0 Å². The SMILES string of the molecule is CCOC(=O)C(C)C(=O)c1cccnn1. The average molecular weight is 208 g/mol. The Morgan fingerprint density at radius 1 is 1.53 bits per heavy atom. The fraction of sp³-hybridized carbons (Fsp3) is 0.400. The summed E-state index contributed by atoms with van der Waals surface area (Å²) >= 11 is 0. The van der Waals surface area contributed by atoms with Crippen LogP contribution in [0.15, 0.2) is 18.3 Å². The summed E-state index contributed by atoms with van der Waals surface area (Å²) in [5.74, 6) is -1.74. The second-order valence-electron chi connectivity index (χ2n) is 2.95. The number of carbonyl (C=O) groups is 2. The summed E-state index contributed by atoms with van der Waals surface area (Å²) in [7, 11) is 0. The first-order chi connectivity index (χ1) is 7.16. The van der Waals surface area contributed by atoms with Gasteiger partial charge in [0.25, 0.3) is 0 Å². The van der Waals surface area contributed by atoms with E-state index in [0.29, 0.717) is 0 Å². The Balaban J connectivity index is 2.73. The predicted octanol–water partition coefficient (Wildman–Crippen LogP) is 0.859. The number of hydrogen-bond acceptors (Lipinski definition) is 5. The maximum Gasteiger partial charge on any atom is 0.316 e. The van der Waals surface area contributed by atoms with Crippen LogP contribution in [0, 0.1) is 5.92 Å². The quantitative estimate of drug-likeness (QED) is 0.417. The van der Waals surface area contributed by atoms with Gasteiger partial charge in [-0.15, -0.1) is 5.10 Å². The first kappa shape index (κ1) is 11.3. The average Bonchev–Trinajstić information content (AvgIpc) is 2.28. The molecule has 80 valence electrons. The van der Waals surface area contributed by atoms with Crippen LogP contribution in [0.5, 0.6) is 0 Å². The Hall–Kier alpha value is -1.78. The molecule has 1 atom stereocenters. The van der Waals surface area contributed by atoms with E-state index in [1.165, 1.54) is 19.2 Å². The molecule has 1 unspecified atom stereocenters. The minimum atomic E-state index is -0.832. The van der Waals surface area contributed by atoms with E-state index in [4.69, 9.17) is 4.74 Å². The molecule has 15 heavy (non-hydrogen) atoms. The van der Waals surface area contributed by atoms with Gasteiger partial charge in [0.05, 0.1) is 6.61 Å². The van der Waals surface area contributed by atoms with Gasteiger partial charge in [0.2, 0.25) is 0 Å². The number of Topliss-reactive ketones (excluding diaryl/α,β-unsaturated/α-hetero) is 1. The number of esters is 1. The highest BCUT2D eigenvalue weighted by atomic mass is 16.5. The lowest BCUT2D eigenvalue weighted by molar-refractivity contribution is -0.145. The molecule has 0 fully saturated rings. The summed E-state index contributed by atoms with van der Waals surface area (Å²) < 4.78 is 4.74. The highest BCUT2D eigenvalue weighted by Crippen LogP contribution is 2.07. The smallest absolute Gasteiger partial charge is 0.316 e. The van der Waals surface area contributed by atoms with E-state index >= 15 is 0 Å². The zero-order chi connectivity index (χ0) is 11.3. The van der Waals surface area contributed by atoms with Gasteiger partial charge in [0.15, 0.2) is 5.78 Å². The van der Waals surface area contributed by atoms with Crippen molar-refractivity contribution < 1.29 is 14.3 Å². The lowest BCUT2D eigenvalue weighted by atomic mass is 10.0. The van der Waals surface area contributed by atoms with Crippen molar-refractivity contribution in [3.05, 3.63) is 24.0 Å². The van der Waals surface area contributed by atoms with Gasteiger partial charge in [0.1, 0.15) is 11.6 Å². The molecule has 1 rings (SSSR count). The van der Waals surface area contributed by atoms with Crippen molar-refractivity contribution in [2.24, 2.45) is 5.92 Å². The first-order valence-corrected chi connectivity index (χ1v) is 4.65. The number of carbonyl (C=O) groups excluding carboxylic acids is 2. The van der Waals surface area contributed by atoms with Crippen LogP contribution in [0.2, 0.25) is 0 Å². The Bertz CT molecular complexity index is 351. The molecule has 0 bridgehead atoms. The van der Waals surface area contributed by atoms with E-state index in [1.54, 1.807) is 13.0 Å². The van der Waals surface area contributed by atoms with E-state index in [2.05, 4.69) is 10.2 Å². The summed E-state index contributed by atoms with van der Waals surface area (Å²) in [5.41, 5.74) is 0.179. The van der Waals surface area contributed by atoms with Gasteiger partial charge in [0, 0.05) is 6.20 Å². The second kappa shape index (κ2) is 5.19. The van der Waals surface area contributed by atoms with Crippen molar-refractivity contribution in [2.75, 3.05) is 6.61 Å². The zero-order valence-electron chi connectivity index (χ0n) is 8.64. The zero-order valence-corrected chi connectivity index (χ0v) is 8.64. The van der Waals surface area contributed by atoms with Gasteiger partial charge < -0.3 is 4.74 Å². The van der Waals surface area contributed by atoms with E-state index < -0.39 is 11.9 Å². The Morgan fingerprint density at radius 2 is 2.27 bits per heavy atom. The molecule has 0 N–H and O–H groups in total. The third-order valence-electron chi connectivity index (χ3n) is 1.86. The van der Waals surface area contributed by atoms with Crippen LogP contribution in [-0.4, -0.2) is 28.6 Å². The van der Waals surface area contributed by atoms with Crippen LogP contribution in [-0.2, 0) is 9.53 Å². The minimum Gasteiger partial charge on any atom is -0.465 e. The molecule has 1 heterocycles. The summed E-state index contributed by atoms with van der Waals surface area (Å²) in [6.07, 6.45) is 1.46. The Kier molecular flexibility index (Phi) is 3.91. The van der Waals surface area contributed by atoms with Crippen molar-refractivity contribution in [3.63, 3.8) is 0 Å². The Morgan fingerprint density at radius 3 is 2.80 bits per heavy atom. The van der Waals surface area contributed by atoms with Gasteiger partial charge in [-0.1, -0.05) is 0 Å². The fourth-order valence-electron chi connectivity index (χ4n) is 1.03. The third-order valence-corrected chi connectivity index (χ3v) is 1.86. The monoisotopic (exact) mass is 208 g/mol. The van der Waals surface area contributed by atoms with Crippen molar-refractivity contribution in [2.45, 2.75) is 13.8 Å². The van der Waals surface area contributed by atoms with E-state index in [1.807, 2.05) is 0 Å². The summed E-state index contributed by atoms with van der Waals surface area (Å²) in [6.45, 7) is 3.45. The van der Waals surface area contributed by atoms with Crippen molar-refractivity contribution in [1.29, 1.82) is 0 Å². The number of ether oxygens (including phenoxy) is 1. The van der Waals surface area contributed by atoms with Crippen LogP contribution >= 0.6 is 0 Å². The molecule has 0 aliphatic carbocycles. The molecule has 0 aliphatic heterocycles. The van der Waals surface area contributed by atoms with Gasteiger partial charge >= 0.3 is 5.97 Å². The van der Waals surface area contributed by atoms with Crippen LogP contribution in [0.1, 0.15) is 24.3 Å². The number of rotatable bonds is 4. The topological polar surface area (TPSA) is 69.2 Å². The number of nitrogens with zero attached hydrogens (tertiary/aromatic N) is 2. The standard InChI is InChI=1S/C10H12N2O3/c1-3-15-10(14)7(2)9(13)8-5-4-6-11-12-8/h4-7H,3H2,1-2H3. The molecule has 0 radical (unpaired) electrons. The molecular weight excluding hydrogens is 196 g/mol. The highest BCUT2D eigenvalue weighted by Gasteiger charge is 2.24. The molecule has 5 nitrogen and oxygen atoms in total. The molecule has 0 saturated heterocycles. The lowest BCUT2D eigenvalue weighted by Gasteiger charge is -2.07. The van der Waals surface area contributed by atoms with Crippen molar-refractivity contribution in [3.8, 4) is 0 Å². The molecule has 1 aromatic rings. The summed E-state index contributed by atoms with van der Waals surface area (Å²) in [6, 6.07) is 3.11. The predicted molar refractivity (Wildman–Crippen MR) is 52.2 cm³/mol. The molecule has 0 amide bonds. The second-order valence-corrected chi connectivity index (χ2v) is 2.95. The van der Waals surface area contributed by atoms with E-state index in [9.17, 15) is 9.59 Å². The number of aromatic nitrogens is 2. The molecule has 0 spiro atoms. The lowest BCUT2D eigenvalue weighted by Crippen LogP contribution is -2.24. The van der Waals surface area contributed by atoms with Gasteiger partial charge in [-0.25, -0.2) is 0 Å². The molecule has 0 aromatic carbocycles. The van der Waals surface area contributed by atoms with E-state index in [-0.39, 0.29) is 18.1 Å². The van der Waals surface area contributed by atoms with Gasteiger partial charge in [-0.05, 0) is 26.0 Å². The van der Waals surface area contributed by atoms with Crippen LogP contribution in [0.25, 0.3) is 0 Å². The van der Waals surface area contributed by atoms with Crippen molar-refractivity contribution >= 4 is 11.8 Å². The maximum atomic E-state index is 11.7. The van der Waals surface area contributed by atoms with Crippen LogP contribution in [0.3, 0.4) is 0 Å². The third kappa shape index (κ3) is 2.83. The molecule has 0 aliphatic rings. The summed E-state index contributed by atoms with van der Waals surface area (Å²) in [5, 5.41) is 7.21. The molecular formula is C10H12N2O3. The van der Waals surface area contributed by atoms with Crippen molar-refractivity contribution in [1.82, 2.24) is 10.2 Å².